The Bertz CT molecular complexity index is 732. The van der Waals surface area contributed by atoms with Crippen molar-refractivity contribution in [2.75, 3.05) is 19.6 Å². The number of amides is 4. The van der Waals surface area contributed by atoms with Crippen LogP contribution >= 0.6 is 0 Å². The molecule has 1 aromatic carbocycles. The lowest BCUT2D eigenvalue weighted by Crippen LogP contribution is -2.38. The molecule has 0 aliphatic carbocycles. The molecule has 0 unspecified atom stereocenters. The lowest BCUT2D eigenvalue weighted by atomic mass is 10.1. The third-order valence-electron chi connectivity index (χ3n) is 4.02. The fourth-order valence-electron chi connectivity index (χ4n) is 2.57. The minimum Gasteiger partial charge on any atom is -0.338 e. The Morgan fingerprint density at radius 3 is 2.46 bits per heavy atom. The predicted octanol–water partition coefficient (Wildman–Crippen LogP) is 1.93. The van der Waals surface area contributed by atoms with Gasteiger partial charge in [-0.05, 0) is 24.8 Å². The summed E-state index contributed by atoms with van der Waals surface area (Å²) in [6, 6.07) is 3.34. The van der Waals surface area contributed by atoms with Crippen LogP contribution in [0, 0.1) is 16.0 Å². The van der Waals surface area contributed by atoms with Crippen molar-refractivity contribution in [1.29, 1.82) is 0 Å². The summed E-state index contributed by atoms with van der Waals surface area (Å²) in [7, 11) is 0. The van der Waals surface area contributed by atoms with Crippen molar-refractivity contribution >= 4 is 23.5 Å². The van der Waals surface area contributed by atoms with E-state index >= 15 is 0 Å². The number of fused-ring (bicyclic) bond motifs is 1. The highest BCUT2D eigenvalue weighted by atomic mass is 16.6. The van der Waals surface area contributed by atoms with Crippen LogP contribution in [0.25, 0.3) is 0 Å². The topological polar surface area (TPSA) is 122 Å². The van der Waals surface area contributed by atoms with Gasteiger partial charge in [-0.2, -0.15) is 0 Å². The van der Waals surface area contributed by atoms with E-state index in [4.69, 9.17) is 0 Å². The fraction of sp³-hybridized carbons (Fsp3) is 0.471. The molecule has 0 aromatic heterocycles. The van der Waals surface area contributed by atoms with Gasteiger partial charge in [0.05, 0.1) is 16.1 Å². The number of non-ortho nitro benzene ring substituents is 1. The summed E-state index contributed by atoms with van der Waals surface area (Å²) in [5.74, 6) is -0.517. The van der Waals surface area contributed by atoms with Gasteiger partial charge in [-0.25, -0.2) is 4.79 Å². The number of hydrogen-bond donors (Lipinski definition) is 2. The van der Waals surface area contributed by atoms with E-state index in [1.54, 1.807) is 0 Å². The van der Waals surface area contributed by atoms with Crippen LogP contribution < -0.4 is 10.6 Å². The zero-order valence-corrected chi connectivity index (χ0v) is 14.8. The van der Waals surface area contributed by atoms with Gasteiger partial charge in [0.25, 0.3) is 17.5 Å². The average Bonchev–Trinajstić information content (AvgIpc) is 2.82. The van der Waals surface area contributed by atoms with E-state index in [0.717, 1.165) is 17.4 Å². The SMILES string of the molecule is CC(C)CCNC(=O)NCCCN1C(=O)c2ccc([N+](=O)[O-])cc2C1=O. The number of imide groups is 1. The number of urea groups is 1. The van der Waals surface area contributed by atoms with Crippen LogP contribution in [0.2, 0.25) is 0 Å². The molecule has 0 saturated carbocycles. The van der Waals surface area contributed by atoms with E-state index in [-0.39, 0.29) is 29.4 Å². The molecule has 1 heterocycles. The second kappa shape index (κ2) is 8.41. The van der Waals surface area contributed by atoms with Crippen LogP contribution in [-0.2, 0) is 0 Å². The maximum atomic E-state index is 12.3. The second-order valence-corrected chi connectivity index (χ2v) is 6.47. The van der Waals surface area contributed by atoms with Crippen molar-refractivity contribution in [3.63, 3.8) is 0 Å². The molecule has 0 radical (unpaired) electrons. The van der Waals surface area contributed by atoms with Crippen molar-refractivity contribution in [3.8, 4) is 0 Å². The Morgan fingerprint density at radius 1 is 1.15 bits per heavy atom. The van der Waals surface area contributed by atoms with E-state index in [1.165, 1.54) is 12.1 Å². The van der Waals surface area contributed by atoms with Crippen LogP contribution in [-0.4, -0.2) is 47.3 Å². The van der Waals surface area contributed by atoms with E-state index in [1.807, 2.05) is 0 Å². The molecule has 4 amide bonds. The van der Waals surface area contributed by atoms with E-state index in [0.29, 0.717) is 25.4 Å². The first-order valence-electron chi connectivity index (χ1n) is 8.47. The summed E-state index contributed by atoms with van der Waals surface area (Å²) in [4.78, 5) is 47.4. The number of nitro groups is 1. The molecule has 26 heavy (non-hydrogen) atoms. The molecule has 1 aliphatic heterocycles. The zero-order chi connectivity index (χ0) is 19.3. The number of nitro benzene ring substituents is 1. The maximum absolute atomic E-state index is 12.3. The Hall–Kier alpha value is -2.97. The molecule has 0 saturated heterocycles. The van der Waals surface area contributed by atoms with E-state index < -0.39 is 16.7 Å². The first-order chi connectivity index (χ1) is 12.3. The molecule has 0 bridgehead atoms. The quantitative estimate of drug-likeness (QED) is 0.317. The number of hydrogen-bond acceptors (Lipinski definition) is 5. The van der Waals surface area contributed by atoms with Crippen LogP contribution in [0.4, 0.5) is 10.5 Å². The van der Waals surface area contributed by atoms with Crippen LogP contribution in [0.1, 0.15) is 47.4 Å². The minimum absolute atomic E-state index is 0.0450. The summed E-state index contributed by atoms with van der Waals surface area (Å²) < 4.78 is 0. The molecule has 0 spiro atoms. The van der Waals surface area contributed by atoms with Gasteiger partial charge in [0, 0.05) is 31.8 Å². The molecule has 2 rings (SSSR count). The second-order valence-electron chi connectivity index (χ2n) is 6.47. The third-order valence-corrected chi connectivity index (χ3v) is 4.02. The molecular weight excluding hydrogens is 340 g/mol. The van der Waals surface area contributed by atoms with Gasteiger partial charge < -0.3 is 10.6 Å². The van der Waals surface area contributed by atoms with Gasteiger partial charge >= 0.3 is 6.03 Å². The van der Waals surface area contributed by atoms with Gasteiger partial charge in [0.2, 0.25) is 0 Å². The molecule has 9 heteroatoms. The molecule has 2 N–H and O–H groups in total. The summed E-state index contributed by atoms with van der Waals surface area (Å²) in [5, 5.41) is 16.2. The lowest BCUT2D eigenvalue weighted by Gasteiger charge is -2.14. The number of carbonyl (C=O) groups is 3. The highest BCUT2D eigenvalue weighted by Gasteiger charge is 2.36. The molecule has 140 valence electrons. The average molecular weight is 362 g/mol. The van der Waals surface area contributed by atoms with Gasteiger partial charge in [0.1, 0.15) is 0 Å². The van der Waals surface area contributed by atoms with Crippen molar-refractivity contribution in [2.45, 2.75) is 26.7 Å². The van der Waals surface area contributed by atoms with Gasteiger partial charge in [0.15, 0.2) is 0 Å². The number of benzene rings is 1. The molecule has 0 atom stereocenters. The van der Waals surface area contributed by atoms with Gasteiger partial charge in [-0.3, -0.25) is 24.6 Å². The highest BCUT2D eigenvalue weighted by Crippen LogP contribution is 2.26. The van der Waals surface area contributed by atoms with Gasteiger partial charge in [-0.15, -0.1) is 0 Å². The van der Waals surface area contributed by atoms with E-state index in [2.05, 4.69) is 24.5 Å². The zero-order valence-electron chi connectivity index (χ0n) is 14.8. The molecule has 1 aliphatic rings. The monoisotopic (exact) mass is 362 g/mol. The minimum atomic E-state index is -0.609. The van der Waals surface area contributed by atoms with Crippen molar-refractivity contribution in [1.82, 2.24) is 15.5 Å². The fourth-order valence-corrected chi connectivity index (χ4v) is 2.57. The highest BCUT2D eigenvalue weighted by molar-refractivity contribution is 6.21. The normalized spacial score (nSPS) is 13.1. The third kappa shape index (κ3) is 4.56. The number of carbonyl (C=O) groups excluding carboxylic acids is 3. The number of rotatable bonds is 8. The summed E-state index contributed by atoms with van der Waals surface area (Å²) in [6.07, 6.45) is 1.28. The number of nitrogens with one attached hydrogen (secondary N) is 2. The maximum Gasteiger partial charge on any atom is 0.314 e. The Balaban J connectivity index is 1.82. The molecule has 0 fully saturated rings. The Labute approximate surface area is 150 Å². The molecule has 9 nitrogen and oxygen atoms in total. The summed E-state index contributed by atoms with van der Waals surface area (Å²) >= 11 is 0. The van der Waals surface area contributed by atoms with Crippen LogP contribution in [0.15, 0.2) is 18.2 Å². The smallest absolute Gasteiger partial charge is 0.314 e. The number of nitrogens with zero attached hydrogens (tertiary/aromatic N) is 2. The molecular formula is C17H22N4O5. The summed E-state index contributed by atoms with van der Waals surface area (Å²) in [6.45, 7) is 5.15. The lowest BCUT2D eigenvalue weighted by molar-refractivity contribution is -0.384. The van der Waals surface area contributed by atoms with Crippen molar-refractivity contribution in [2.24, 2.45) is 5.92 Å². The largest absolute Gasteiger partial charge is 0.338 e. The standard InChI is InChI=1S/C17H22N4O5/c1-11(2)6-8-19-17(24)18-7-3-9-20-15(22)13-5-4-12(21(25)26)10-14(13)16(20)23/h4-5,10-11H,3,6-9H2,1-2H3,(H2,18,19,24). The van der Waals surface area contributed by atoms with Gasteiger partial charge in [-0.1, -0.05) is 13.8 Å². The van der Waals surface area contributed by atoms with Crippen LogP contribution in [0.3, 0.4) is 0 Å². The van der Waals surface area contributed by atoms with E-state index in [9.17, 15) is 24.5 Å². The first kappa shape index (κ1) is 19.4. The molecule has 1 aromatic rings. The first-order valence-corrected chi connectivity index (χ1v) is 8.47. The Morgan fingerprint density at radius 2 is 1.81 bits per heavy atom. The van der Waals surface area contributed by atoms with Crippen molar-refractivity contribution < 1.29 is 19.3 Å². The van der Waals surface area contributed by atoms with Crippen molar-refractivity contribution in [3.05, 3.63) is 39.4 Å². The Kier molecular flexibility index (Phi) is 6.26. The predicted molar refractivity (Wildman–Crippen MR) is 93.9 cm³/mol. The van der Waals surface area contributed by atoms with Crippen LogP contribution in [0.5, 0.6) is 0 Å². The summed E-state index contributed by atoms with van der Waals surface area (Å²) in [5.41, 5.74) is -0.0185.